The van der Waals surface area contributed by atoms with Gasteiger partial charge in [0, 0.05) is 17.7 Å². The first-order chi connectivity index (χ1) is 10.0. The van der Waals surface area contributed by atoms with Crippen molar-refractivity contribution >= 4 is 5.69 Å². The Bertz CT molecular complexity index is 632. The Kier molecular flexibility index (Phi) is 4.62. The van der Waals surface area contributed by atoms with Crippen LogP contribution in [0.3, 0.4) is 0 Å². The van der Waals surface area contributed by atoms with Crippen LogP contribution >= 0.6 is 0 Å². The second-order valence-corrected chi connectivity index (χ2v) is 4.60. The standard InChI is InChI=1S/C16H17F2NO2/c1-10(13-6-4-11(17)8-14(13)18)19-15-7-5-12(20-2)9-16(15)21-3/h4-10,19H,1-3H3. The molecule has 0 saturated carbocycles. The van der Waals surface area contributed by atoms with Gasteiger partial charge in [0.2, 0.25) is 0 Å². The Hall–Kier alpha value is -2.30. The maximum Gasteiger partial charge on any atom is 0.145 e. The molecule has 0 fully saturated rings. The number of halogens is 2. The van der Waals surface area contributed by atoms with Crippen molar-refractivity contribution in [3.8, 4) is 11.5 Å². The van der Waals surface area contributed by atoms with Crippen molar-refractivity contribution in [2.24, 2.45) is 0 Å². The van der Waals surface area contributed by atoms with E-state index in [4.69, 9.17) is 9.47 Å². The van der Waals surface area contributed by atoms with Crippen LogP contribution in [0.4, 0.5) is 14.5 Å². The highest BCUT2D eigenvalue weighted by atomic mass is 19.1. The van der Waals surface area contributed by atoms with Crippen LogP contribution in [0.5, 0.6) is 11.5 Å². The van der Waals surface area contributed by atoms with Gasteiger partial charge >= 0.3 is 0 Å². The molecule has 0 aliphatic heterocycles. The summed E-state index contributed by atoms with van der Waals surface area (Å²) in [6.07, 6.45) is 0. The summed E-state index contributed by atoms with van der Waals surface area (Å²) in [5, 5.41) is 3.15. The summed E-state index contributed by atoms with van der Waals surface area (Å²) in [6.45, 7) is 1.79. The lowest BCUT2D eigenvalue weighted by atomic mass is 10.1. The first kappa shape index (κ1) is 15.1. The van der Waals surface area contributed by atoms with Gasteiger partial charge in [-0.3, -0.25) is 0 Å². The van der Waals surface area contributed by atoms with Crippen LogP contribution in [0.2, 0.25) is 0 Å². The van der Waals surface area contributed by atoms with Crippen molar-refractivity contribution in [1.29, 1.82) is 0 Å². The third-order valence-corrected chi connectivity index (χ3v) is 3.21. The maximum absolute atomic E-state index is 13.8. The highest BCUT2D eigenvalue weighted by molar-refractivity contribution is 5.60. The first-order valence-electron chi connectivity index (χ1n) is 6.48. The van der Waals surface area contributed by atoms with Crippen molar-refractivity contribution in [3.63, 3.8) is 0 Å². The Morgan fingerprint density at radius 2 is 1.76 bits per heavy atom. The average Bonchev–Trinajstić information content (AvgIpc) is 2.47. The minimum atomic E-state index is -0.592. The number of rotatable bonds is 5. The van der Waals surface area contributed by atoms with Gasteiger partial charge in [-0.25, -0.2) is 8.78 Å². The van der Waals surface area contributed by atoms with E-state index in [0.717, 1.165) is 6.07 Å². The van der Waals surface area contributed by atoms with Crippen molar-refractivity contribution < 1.29 is 18.3 Å². The largest absolute Gasteiger partial charge is 0.497 e. The summed E-state index contributed by atoms with van der Waals surface area (Å²) in [4.78, 5) is 0. The molecule has 0 aliphatic rings. The number of anilines is 1. The number of hydrogen-bond acceptors (Lipinski definition) is 3. The number of hydrogen-bond donors (Lipinski definition) is 1. The summed E-state index contributed by atoms with van der Waals surface area (Å²) < 4.78 is 37.1. The van der Waals surface area contributed by atoms with Crippen molar-refractivity contribution in [1.82, 2.24) is 0 Å². The van der Waals surface area contributed by atoms with Crippen LogP contribution in [0.1, 0.15) is 18.5 Å². The second kappa shape index (κ2) is 6.43. The van der Waals surface area contributed by atoms with E-state index in [9.17, 15) is 8.78 Å². The van der Waals surface area contributed by atoms with E-state index in [2.05, 4.69) is 5.32 Å². The van der Waals surface area contributed by atoms with Crippen LogP contribution < -0.4 is 14.8 Å². The molecule has 0 aromatic heterocycles. The first-order valence-corrected chi connectivity index (χ1v) is 6.48. The Morgan fingerprint density at radius 1 is 1.00 bits per heavy atom. The van der Waals surface area contributed by atoms with Crippen LogP contribution in [0.15, 0.2) is 36.4 Å². The fraction of sp³-hybridized carbons (Fsp3) is 0.250. The van der Waals surface area contributed by atoms with Gasteiger partial charge in [0.15, 0.2) is 0 Å². The Balaban J connectivity index is 2.24. The van der Waals surface area contributed by atoms with Gasteiger partial charge in [-0.1, -0.05) is 6.07 Å². The van der Waals surface area contributed by atoms with Gasteiger partial charge in [-0.15, -0.1) is 0 Å². The topological polar surface area (TPSA) is 30.5 Å². The minimum Gasteiger partial charge on any atom is -0.497 e. The molecular weight excluding hydrogens is 276 g/mol. The van der Waals surface area contributed by atoms with Gasteiger partial charge in [0.25, 0.3) is 0 Å². The molecule has 2 aromatic carbocycles. The van der Waals surface area contributed by atoms with E-state index in [1.807, 2.05) is 0 Å². The zero-order valence-electron chi connectivity index (χ0n) is 12.1. The van der Waals surface area contributed by atoms with Gasteiger partial charge in [0.05, 0.1) is 25.9 Å². The average molecular weight is 293 g/mol. The molecule has 0 saturated heterocycles. The number of benzene rings is 2. The lowest BCUT2D eigenvalue weighted by Crippen LogP contribution is -2.09. The van der Waals surface area contributed by atoms with Crippen LogP contribution in [-0.2, 0) is 0 Å². The summed E-state index contributed by atoms with van der Waals surface area (Å²) in [5.74, 6) is 0.0784. The normalized spacial score (nSPS) is 11.9. The molecule has 112 valence electrons. The van der Waals surface area contributed by atoms with Crippen LogP contribution in [0, 0.1) is 11.6 Å². The molecule has 1 unspecified atom stereocenters. The Morgan fingerprint density at radius 3 is 2.38 bits per heavy atom. The lowest BCUT2D eigenvalue weighted by Gasteiger charge is -2.19. The zero-order valence-corrected chi connectivity index (χ0v) is 12.1. The second-order valence-electron chi connectivity index (χ2n) is 4.60. The van der Waals surface area contributed by atoms with Crippen molar-refractivity contribution in [2.75, 3.05) is 19.5 Å². The van der Waals surface area contributed by atoms with E-state index in [0.29, 0.717) is 22.7 Å². The van der Waals surface area contributed by atoms with E-state index in [-0.39, 0.29) is 6.04 Å². The molecular formula is C16H17F2NO2. The Labute approximate surface area is 122 Å². The summed E-state index contributed by atoms with van der Waals surface area (Å²) in [5.41, 5.74) is 1.09. The fourth-order valence-corrected chi connectivity index (χ4v) is 2.08. The molecule has 2 aromatic rings. The minimum absolute atomic E-state index is 0.340. The molecule has 21 heavy (non-hydrogen) atoms. The summed E-state index contributed by atoms with van der Waals surface area (Å²) >= 11 is 0. The van der Waals surface area contributed by atoms with Crippen molar-refractivity contribution in [2.45, 2.75) is 13.0 Å². The molecule has 0 spiro atoms. The van der Waals surface area contributed by atoms with Gasteiger partial charge in [0.1, 0.15) is 23.1 Å². The highest BCUT2D eigenvalue weighted by Gasteiger charge is 2.14. The third-order valence-electron chi connectivity index (χ3n) is 3.21. The molecule has 2 rings (SSSR count). The molecule has 0 heterocycles. The number of methoxy groups -OCH3 is 2. The molecule has 5 heteroatoms. The molecule has 1 N–H and O–H groups in total. The van der Waals surface area contributed by atoms with Crippen LogP contribution in [0.25, 0.3) is 0 Å². The van der Waals surface area contributed by atoms with Gasteiger partial charge in [-0.05, 0) is 25.1 Å². The fourth-order valence-electron chi connectivity index (χ4n) is 2.08. The SMILES string of the molecule is COc1ccc(NC(C)c2ccc(F)cc2F)c(OC)c1. The number of ether oxygens (including phenoxy) is 2. The molecule has 0 bridgehead atoms. The maximum atomic E-state index is 13.8. The zero-order chi connectivity index (χ0) is 15.4. The van der Waals surface area contributed by atoms with E-state index in [1.54, 1.807) is 39.3 Å². The van der Waals surface area contributed by atoms with E-state index >= 15 is 0 Å². The smallest absolute Gasteiger partial charge is 0.145 e. The molecule has 0 radical (unpaired) electrons. The third kappa shape index (κ3) is 3.42. The summed E-state index contributed by atoms with van der Waals surface area (Å²) in [6, 6.07) is 8.50. The number of nitrogens with one attached hydrogen (secondary N) is 1. The predicted molar refractivity (Wildman–Crippen MR) is 77.9 cm³/mol. The molecule has 0 amide bonds. The summed E-state index contributed by atoms with van der Waals surface area (Å²) in [7, 11) is 3.11. The molecule has 3 nitrogen and oxygen atoms in total. The molecule has 0 aliphatic carbocycles. The van der Waals surface area contributed by atoms with Crippen molar-refractivity contribution in [3.05, 3.63) is 53.6 Å². The highest BCUT2D eigenvalue weighted by Crippen LogP contribution is 2.32. The van der Waals surface area contributed by atoms with Gasteiger partial charge < -0.3 is 14.8 Å². The lowest BCUT2D eigenvalue weighted by molar-refractivity contribution is 0.395. The monoisotopic (exact) mass is 293 g/mol. The van der Waals surface area contributed by atoms with E-state index < -0.39 is 11.6 Å². The quantitative estimate of drug-likeness (QED) is 0.898. The van der Waals surface area contributed by atoms with Crippen LogP contribution in [-0.4, -0.2) is 14.2 Å². The van der Waals surface area contributed by atoms with Gasteiger partial charge in [-0.2, -0.15) is 0 Å². The molecule has 1 atom stereocenters. The predicted octanol–water partition coefficient (Wildman–Crippen LogP) is 4.16. The van der Waals surface area contributed by atoms with E-state index in [1.165, 1.54) is 12.1 Å².